The van der Waals surface area contributed by atoms with Gasteiger partial charge in [-0.3, -0.25) is 4.98 Å². The maximum atomic E-state index is 4.97. The van der Waals surface area contributed by atoms with Crippen LogP contribution in [0.25, 0.3) is 33.1 Å². The molecule has 1 aliphatic carbocycles. The molecule has 0 saturated carbocycles. The Hall–Kier alpha value is -2.74. The summed E-state index contributed by atoms with van der Waals surface area (Å²) in [5.74, 6) is 0. The van der Waals surface area contributed by atoms with Crippen LogP contribution in [0.3, 0.4) is 0 Å². The highest BCUT2D eigenvalue weighted by atomic mass is 14.8. The lowest BCUT2D eigenvalue weighted by Gasteiger charge is -2.34. The fourth-order valence-electron chi connectivity index (χ4n) is 3.89. The van der Waals surface area contributed by atoms with Gasteiger partial charge in [-0.15, -0.1) is 0 Å². The molecule has 2 heteroatoms. The molecule has 5 rings (SSSR count). The van der Waals surface area contributed by atoms with Gasteiger partial charge in [0, 0.05) is 17.2 Å². The molecule has 0 spiro atoms. The third kappa shape index (κ3) is 1.58. The van der Waals surface area contributed by atoms with Crippen LogP contribution in [0.2, 0.25) is 0 Å². The number of rotatable bonds is 0. The lowest BCUT2D eigenvalue weighted by molar-refractivity contribution is 0.643. The Morgan fingerprint density at radius 1 is 0.826 bits per heavy atom. The van der Waals surface area contributed by atoms with E-state index >= 15 is 0 Å². The maximum absolute atomic E-state index is 4.97. The molecule has 2 aromatic heterocycles. The van der Waals surface area contributed by atoms with Crippen molar-refractivity contribution < 1.29 is 0 Å². The third-order valence-electron chi connectivity index (χ3n) is 5.09. The fourth-order valence-corrected chi connectivity index (χ4v) is 3.89. The Balaban J connectivity index is 2.02. The first kappa shape index (κ1) is 12.8. The van der Waals surface area contributed by atoms with Crippen molar-refractivity contribution >= 4 is 21.8 Å². The molecule has 0 radical (unpaired) electrons. The van der Waals surface area contributed by atoms with Crippen LogP contribution in [0.4, 0.5) is 0 Å². The van der Waals surface area contributed by atoms with Gasteiger partial charge in [0.2, 0.25) is 0 Å². The van der Waals surface area contributed by atoms with Crippen LogP contribution in [0.5, 0.6) is 0 Å². The molecular weight excluding hydrogens is 280 g/mol. The van der Waals surface area contributed by atoms with Crippen LogP contribution >= 0.6 is 0 Å². The van der Waals surface area contributed by atoms with Gasteiger partial charge in [-0.05, 0) is 40.1 Å². The molecule has 0 aliphatic heterocycles. The van der Waals surface area contributed by atoms with Gasteiger partial charge in [0.25, 0.3) is 0 Å². The molecule has 2 aromatic carbocycles. The van der Waals surface area contributed by atoms with E-state index in [1.807, 2.05) is 18.3 Å². The molecule has 0 atom stereocenters. The SMILES string of the molecule is CC1(C)c2cc3ncccc3nc2-c2cccc3cccc1c23. The smallest absolute Gasteiger partial charge is 0.0894 e. The standard InChI is InChI=1S/C21H16N2/c1-21(2)15-9-4-7-13-6-3-8-14(19(13)15)20-16(21)12-18-17(23-20)10-5-11-22-18/h3-12H,1-2H3. The summed E-state index contributed by atoms with van der Waals surface area (Å²) in [6, 6.07) is 19.3. The quantitative estimate of drug-likeness (QED) is 0.452. The van der Waals surface area contributed by atoms with E-state index in [0.29, 0.717) is 0 Å². The average Bonchev–Trinajstić information content (AvgIpc) is 2.58. The number of nitrogens with zero attached hydrogens (tertiary/aromatic N) is 2. The van der Waals surface area contributed by atoms with Crippen molar-refractivity contribution in [3.63, 3.8) is 0 Å². The second kappa shape index (κ2) is 4.17. The molecule has 0 unspecified atom stereocenters. The summed E-state index contributed by atoms with van der Waals surface area (Å²) in [7, 11) is 0. The first-order chi connectivity index (χ1) is 11.2. The highest BCUT2D eigenvalue weighted by molar-refractivity contribution is 6.03. The number of aromatic nitrogens is 2. The van der Waals surface area contributed by atoms with Gasteiger partial charge >= 0.3 is 0 Å². The molecule has 110 valence electrons. The van der Waals surface area contributed by atoms with Crippen molar-refractivity contribution in [2.24, 2.45) is 0 Å². The van der Waals surface area contributed by atoms with Crippen LogP contribution in [-0.2, 0) is 5.41 Å². The van der Waals surface area contributed by atoms with Gasteiger partial charge in [-0.25, -0.2) is 4.98 Å². The molecule has 0 saturated heterocycles. The van der Waals surface area contributed by atoms with E-state index in [1.165, 1.54) is 27.5 Å². The van der Waals surface area contributed by atoms with Gasteiger partial charge in [-0.2, -0.15) is 0 Å². The number of hydrogen-bond acceptors (Lipinski definition) is 2. The zero-order valence-electron chi connectivity index (χ0n) is 13.2. The summed E-state index contributed by atoms with van der Waals surface area (Å²) in [4.78, 5) is 9.47. The van der Waals surface area contributed by atoms with Gasteiger partial charge in [0.05, 0.1) is 16.7 Å². The van der Waals surface area contributed by atoms with E-state index in [-0.39, 0.29) is 5.41 Å². The molecule has 0 amide bonds. The van der Waals surface area contributed by atoms with E-state index in [1.54, 1.807) is 0 Å². The van der Waals surface area contributed by atoms with Gasteiger partial charge in [0.1, 0.15) is 0 Å². The highest BCUT2D eigenvalue weighted by Crippen LogP contribution is 2.48. The summed E-state index contributed by atoms with van der Waals surface area (Å²) in [6.07, 6.45) is 1.83. The third-order valence-corrected chi connectivity index (χ3v) is 5.09. The molecule has 0 fully saturated rings. The molecule has 0 N–H and O–H groups in total. The Morgan fingerprint density at radius 3 is 2.52 bits per heavy atom. The number of hydrogen-bond donors (Lipinski definition) is 0. The largest absolute Gasteiger partial charge is 0.255 e. The second-order valence-electron chi connectivity index (χ2n) is 6.76. The number of fused-ring (bicyclic) bond motifs is 3. The summed E-state index contributed by atoms with van der Waals surface area (Å²) < 4.78 is 0. The zero-order chi connectivity index (χ0) is 15.6. The average molecular weight is 296 g/mol. The predicted octanol–water partition coefficient (Wildman–Crippen LogP) is 5.09. The molecule has 4 aromatic rings. The Bertz CT molecular complexity index is 1090. The van der Waals surface area contributed by atoms with Crippen LogP contribution in [0, 0.1) is 0 Å². The molecule has 2 heterocycles. The molecule has 1 aliphatic rings. The first-order valence-electron chi connectivity index (χ1n) is 7.95. The number of pyridine rings is 2. The molecule has 23 heavy (non-hydrogen) atoms. The number of benzene rings is 2. The van der Waals surface area contributed by atoms with E-state index in [9.17, 15) is 0 Å². The van der Waals surface area contributed by atoms with Crippen LogP contribution in [0.15, 0.2) is 60.8 Å². The predicted molar refractivity (Wildman–Crippen MR) is 94.6 cm³/mol. The molecule has 2 nitrogen and oxygen atoms in total. The summed E-state index contributed by atoms with van der Waals surface area (Å²) in [5.41, 5.74) is 6.80. The Kier molecular flexibility index (Phi) is 2.31. The van der Waals surface area contributed by atoms with Crippen molar-refractivity contribution in [1.29, 1.82) is 0 Å². The van der Waals surface area contributed by atoms with Crippen LogP contribution in [0.1, 0.15) is 25.0 Å². The van der Waals surface area contributed by atoms with Crippen LogP contribution < -0.4 is 0 Å². The maximum Gasteiger partial charge on any atom is 0.0894 e. The van der Waals surface area contributed by atoms with Gasteiger partial charge in [-0.1, -0.05) is 50.2 Å². The highest BCUT2D eigenvalue weighted by Gasteiger charge is 2.34. The molecule has 0 bridgehead atoms. The topological polar surface area (TPSA) is 25.8 Å². The van der Waals surface area contributed by atoms with E-state index in [0.717, 1.165) is 16.7 Å². The monoisotopic (exact) mass is 296 g/mol. The minimum Gasteiger partial charge on any atom is -0.255 e. The van der Waals surface area contributed by atoms with Gasteiger partial charge < -0.3 is 0 Å². The fraction of sp³-hybridized carbons (Fsp3) is 0.143. The van der Waals surface area contributed by atoms with E-state index < -0.39 is 0 Å². The normalized spacial score (nSPS) is 14.9. The summed E-state index contributed by atoms with van der Waals surface area (Å²) >= 11 is 0. The van der Waals surface area contributed by atoms with Crippen molar-refractivity contribution in [2.45, 2.75) is 19.3 Å². The van der Waals surface area contributed by atoms with Gasteiger partial charge in [0.15, 0.2) is 0 Å². The van der Waals surface area contributed by atoms with Crippen molar-refractivity contribution in [2.75, 3.05) is 0 Å². The lowest BCUT2D eigenvalue weighted by Crippen LogP contribution is -2.24. The zero-order valence-corrected chi connectivity index (χ0v) is 13.2. The minimum atomic E-state index is -0.0814. The van der Waals surface area contributed by atoms with E-state index in [2.05, 4.69) is 61.3 Å². The second-order valence-corrected chi connectivity index (χ2v) is 6.76. The summed E-state index contributed by atoms with van der Waals surface area (Å²) in [5, 5.41) is 2.62. The van der Waals surface area contributed by atoms with Crippen molar-refractivity contribution in [3.05, 3.63) is 71.9 Å². The molecular formula is C21H16N2. The first-order valence-corrected chi connectivity index (χ1v) is 7.95. The summed E-state index contributed by atoms with van der Waals surface area (Å²) in [6.45, 7) is 4.57. The lowest BCUT2D eigenvalue weighted by atomic mass is 9.70. The Labute approximate surface area is 134 Å². The minimum absolute atomic E-state index is 0.0814. The van der Waals surface area contributed by atoms with Crippen LogP contribution in [-0.4, -0.2) is 9.97 Å². The van der Waals surface area contributed by atoms with Crippen molar-refractivity contribution in [3.8, 4) is 11.3 Å². The van der Waals surface area contributed by atoms with E-state index in [4.69, 9.17) is 4.98 Å². The Morgan fingerprint density at radius 2 is 1.65 bits per heavy atom. The van der Waals surface area contributed by atoms with Crippen molar-refractivity contribution in [1.82, 2.24) is 9.97 Å².